The summed E-state index contributed by atoms with van der Waals surface area (Å²) in [6.45, 7) is 3.76. The Morgan fingerprint density at radius 2 is 1.92 bits per heavy atom. The maximum atomic E-state index is 11.1. The number of rotatable bonds is 3. The molecule has 0 spiro atoms. The highest BCUT2D eigenvalue weighted by Crippen LogP contribution is 2.21. The van der Waals surface area contributed by atoms with Gasteiger partial charge in [-0.15, -0.1) is 0 Å². The second kappa shape index (κ2) is 6.82. The molecule has 0 fully saturated rings. The monoisotopic (exact) mass is 261 g/mol. The summed E-state index contributed by atoms with van der Waals surface area (Å²) in [5.41, 5.74) is 0. The Morgan fingerprint density at radius 1 is 1.38 bits per heavy atom. The molecule has 0 aliphatic rings. The lowest BCUT2D eigenvalue weighted by atomic mass is 10.4. The van der Waals surface area contributed by atoms with Gasteiger partial charge in [0, 0.05) is 11.8 Å². The molecule has 0 saturated carbocycles. The van der Waals surface area contributed by atoms with E-state index in [0.29, 0.717) is 5.75 Å². The van der Waals surface area contributed by atoms with Crippen LogP contribution in [0.3, 0.4) is 0 Å². The number of thioether (sulfide) groups is 1. The van der Waals surface area contributed by atoms with Gasteiger partial charge in [-0.1, -0.05) is 46.6 Å². The lowest BCUT2D eigenvalue weighted by Gasteiger charge is -2.06. The van der Waals surface area contributed by atoms with Crippen molar-refractivity contribution < 1.29 is 4.79 Å². The van der Waals surface area contributed by atoms with Crippen LogP contribution >= 0.6 is 46.6 Å². The number of hydrogen-bond donors (Lipinski definition) is 1. The molecule has 0 radical (unpaired) electrons. The molecule has 0 aromatic heterocycles. The van der Waals surface area contributed by atoms with Crippen LogP contribution in [-0.2, 0) is 0 Å². The lowest BCUT2D eigenvalue weighted by Crippen LogP contribution is -2.26. The molecular weight excluding hydrogens is 253 g/mol. The van der Waals surface area contributed by atoms with Crippen LogP contribution in [0.25, 0.3) is 0 Å². The van der Waals surface area contributed by atoms with Gasteiger partial charge in [0.1, 0.15) is 4.49 Å². The van der Waals surface area contributed by atoms with E-state index in [2.05, 4.69) is 5.32 Å². The van der Waals surface area contributed by atoms with Crippen molar-refractivity contribution in [2.24, 2.45) is 0 Å². The first-order valence-corrected chi connectivity index (χ1v) is 5.68. The molecule has 0 aromatic carbocycles. The first-order chi connectivity index (χ1) is 5.93. The first kappa shape index (κ1) is 13.4. The molecule has 0 unspecified atom stereocenters. The van der Waals surface area contributed by atoms with Crippen LogP contribution in [0.15, 0.2) is 9.52 Å². The Morgan fingerprint density at radius 3 is 2.31 bits per heavy atom. The third-order valence-corrected chi connectivity index (χ3v) is 2.89. The summed E-state index contributed by atoms with van der Waals surface area (Å²) >= 11 is 17.4. The summed E-state index contributed by atoms with van der Waals surface area (Å²) in [5, 5.41) is 2.84. The van der Waals surface area contributed by atoms with Gasteiger partial charge in [-0.05, 0) is 13.8 Å². The average molecular weight is 263 g/mol. The van der Waals surface area contributed by atoms with Crippen molar-refractivity contribution in [2.45, 2.75) is 19.9 Å². The zero-order valence-electron chi connectivity index (χ0n) is 7.23. The van der Waals surface area contributed by atoms with Gasteiger partial charge in [0.25, 0.3) is 5.24 Å². The highest BCUT2D eigenvalue weighted by atomic mass is 35.5. The number of nitrogens with one attached hydrogen (secondary N) is 1. The quantitative estimate of drug-likeness (QED) is 0.840. The summed E-state index contributed by atoms with van der Waals surface area (Å²) in [4.78, 5) is 11.1. The molecule has 0 rings (SSSR count). The van der Waals surface area contributed by atoms with Crippen LogP contribution < -0.4 is 5.32 Å². The van der Waals surface area contributed by atoms with E-state index in [0.717, 1.165) is 11.8 Å². The topological polar surface area (TPSA) is 29.1 Å². The minimum Gasteiger partial charge on any atom is -0.345 e. The Kier molecular flexibility index (Phi) is 7.05. The van der Waals surface area contributed by atoms with Gasteiger partial charge in [-0.2, -0.15) is 0 Å². The number of carbonyl (C=O) groups is 1. The summed E-state index contributed by atoms with van der Waals surface area (Å²) in [7, 11) is 0. The van der Waals surface area contributed by atoms with E-state index in [4.69, 9.17) is 34.8 Å². The van der Waals surface area contributed by atoms with Gasteiger partial charge >= 0.3 is 0 Å². The van der Waals surface area contributed by atoms with Gasteiger partial charge in [0.2, 0.25) is 0 Å². The van der Waals surface area contributed by atoms with E-state index in [1.807, 2.05) is 13.8 Å². The summed E-state index contributed by atoms with van der Waals surface area (Å²) in [5.74, 6) is 0.294. The van der Waals surface area contributed by atoms with Crippen LogP contribution in [0.4, 0.5) is 4.79 Å². The van der Waals surface area contributed by atoms with Crippen LogP contribution in [0.2, 0.25) is 0 Å². The van der Waals surface area contributed by atoms with Gasteiger partial charge in [0.15, 0.2) is 0 Å². The molecule has 0 saturated heterocycles. The third kappa shape index (κ3) is 7.50. The van der Waals surface area contributed by atoms with E-state index >= 15 is 0 Å². The van der Waals surface area contributed by atoms with Crippen LogP contribution in [0, 0.1) is 0 Å². The molecule has 1 amide bonds. The Labute approximate surface area is 97.0 Å². The molecule has 13 heavy (non-hydrogen) atoms. The van der Waals surface area contributed by atoms with Crippen molar-refractivity contribution in [3.63, 3.8) is 0 Å². The van der Waals surface area contributed by atoms with Crippen LogP contribution in [0.5, 0.6) is 0 Å². The molecule has 0 aromatic rings. The highest BCUT2D eigenvalue weighted by molar-refractivity contribution is 8.13. The van der Waals surface area contributed by atoms with Crippen LogP contribution in [-0.4, -0.2) is 17.0 Å². The molecule has 0 atom stereocenters. The Hall–Kier alpha value is 0.430. The summed E-state index contributed by atoms with van der Waals surface area (Å²) in [6, 6.07) is 0.120. The van der Waals surface area contributed by atoms with Crippen molar-refractivity contribution in [2.75, 3.05) is 5.75 Å². The van der Waals surface area contributed by atoms with Crippen molar-refractivity contribution >= 4 is 51.8 Å². The number of hydrogen-bond acceptors (Lipinski definition) is 2. The van der Waals surface area contributed by atoms with E-state index in [9.17, 15) is 4.79 Å². The van der Waals surface area contributed by atoms with Crippen molar-refractivity contribution in [3.8, 4) is 0 Å². The standard InChI is InChI=1S/C7H10Cl3NOS/c1-4(2)11-7(12)13-3-5(8)6(9)10/h4H,3H2,1-2H3,(H,11,12). The molecule has 6 heteroatoms. The third-order valence-electron chi connectivity index (χ3n) is 0.942. The predicted octanol–water partition coefficient (Wildman–Crippen LogP) is 3.72. The normalized spacial score (nSPS) is 10.0. The largest absolute Gasteiger partial charge is 0.345 e. The molecule has 1 N–H and O–H groups in total. The molecule has 0 aliphatic heterocycles. The zero-order valence-corrected chi connectivity index (χ0v) is 10.3. The van der Waals surface area contributed by atoms with Gasteiger partial charge in [0.05, 0.1) is 5.03 Å². The Bertz CT molecular complexity index is 214. The zero-order chi connectivity index (χ0) is 10.4. The van der Waals surface area contributed by atoms with Gasteiger partial charge < -0.3 is 5.32 Å². The first-order valence-electron chi connectivity index (χ1n) is 3.56. The maximum absolute atomic E-state index is 11.1. The second-order valence-corrected chi connectivity index (χ2v) is 4.89. The predicted molar refractivity (Wildman–Crippen MR) is 60.7 cm³/mol. The number of carbonyl (C=O) groups excluding carboxylic acids is 1. The molecule has 2 nitrogen and oxygen atoms in total. The average Bonchev–Trinajstić information content (AvgIpc) is 1.98. The fraction of sp³-hybridized carbons (Fsp3) is 0.571. The highest BCUT2D eigenvalue weighted by Gasteiger charge is 2.06. The van der Waals surface area contributed by atoms with Crippen molar-refractivity contribution in [3.05, 3.63) is 9.52 Å². The van der Waals surface area contributed by atoms with E-state index in [1.54, 1.807) is 0 Å². The fourth-order valence-electron chi connectivity index (χ4n) is 0.461. The Balaban J connectivity index is 3.78. The minimum absolute atomic E-state index is 0.00603. The van der Waals surface area contributed by atoms with E-state index in [1.165, 1.54) is 0 Å². The second-order valence-electron chi connectivity index (χ2n) is 2.54. The maximum Gasteiger partial charge on any atom is 0.279 e. The van der Waals surface area contributed by atoms with Crippen molar-refractivity contribution in [1.82, 2.24) is 5.32 Å². The minimum atomic E-state index is -0.136. The van der Waals surface area contributed by atoms with Crippen LogP contribution in [0.1, 0.15) is 13.8 Å². The van der Waals surface area contributed by atoms with Gasteiger partial charge in [-0.3, -0.25) is 4.79 Å². The van der Waals surface area contributed by atoms with Gasteiger partial charge in [-0.25, -0.2) is 0 Å². The summed E-state index contributed by atoms with van der Waals surface area (Å²) < 4.78 is 0.00603. The number of amides is 1. The molecule has 0 bridgehead atoms. The SMILES string of the molecule is CC(C)NC(=O)SCC(Cl)=C(Cl)Cl. The molecule has 0 aliphatic carbocycles. The van der Waals surface area contributed by atoms with Crippen molar-refractivity contribution in [1.29, 1.82) is 0 Å². The smallest absolute Gasteiger partial charge is 0.279 e. The number of halogens is 3. The molecule has 0 heterocycles. The summed E-state index contributed by atoms with van der Waals surface area (Å²) in [6.07, 6.45) is 0. The van der Waals surface area contributed by atoms with E-state index < -0.39 is 0 Å². The molecular formula is C7H10Cl3NOS. The van der Waals surface area contributed by atoms with E-state index in [-0.39, 0.29) is 20.8 Å². The lowest BCUT2D eigenvalue weighted by molar-refractivity contribution is 0.259. The molecule has 76 valence electrons. The fourth-order valence-corrected chi connectivity index (χ4v) is 1.64.